The summed E-state index contributed by atoms with van der Waals surface area (Å²) in [6.45, 7) is 4.60. The van der Waals surface area contributed by atoms with Gasteiger partial charge in [0, 0.05) is 29.1 Å². The van der Waals surface area contributed by atoms with E-state index >= 15 is 0 Å². The van der Waals surface area contributed by atoms with Crippen LogP contribution in [0.3, 0.4) is 0 Å². The standard InChI is InChI=1S/C20H30BN3O2/c1-14(10-17-13-22-19-9-4-3-8-18(17)19)24-20(25)16-7-5-6-15(11-16)12-23-21(2)26/h3-4,8-9,13-16,22-23,26H,5-7,10-12H2,1-2H3,(H,24,25)/t14-,15+,16-/m1/s1. The molecule has 1 aromatic heterocycles. The number of H-pyrrole nitrogens is 1. The van der Waals surface area contributed by atoms with Crippen LogP contribution < -0.4 is 10.5 Å². The summed E-state index contributed by atoms with van der Waals surface area (Å²) in [5.74, 6) is 0.743. The van der Waals surface area contributed by atoms with Gasteiger partial charge in [-0.25, -0.2) is 0 Å². The van der Waals surface area contributed by atoms with E-state index in [1.54, 1.807) is 6.82 Å². The SMILES string of the molecule is CB(O)NC[C@H]1CCC[C@@H](C(=O)N[C@H](C)Cc2c[nH]c3ccccc23)C1. The number of para-hydroxylation sites is 1. The van der Waals surface area contributed by atoms with Crippen LogP contribution in [0.1, 0.15) is 38.2 Å². The van der Waals surface area contributed by atoms with Crippen molar-refractivity contribution in [3.63, 3.8) is 0 Å². The van der Waals surface area contributed by atoms with Crippen LogP contribution in [0.2, 0.25) is 6.82 Å². The summed E-state index contributed by atoms with van der Waals surface area (Å²) in [6, 6.07) is 8.38. The van der Waals surface area contributed by atoms with Gasteiger partial charge in [-0.15, -0.1) is 0 Å². The quantitative estimate of drug-likeness (QED) is 0.577. The lowest BCUT2D eigenvalue weighted by atomic mass is 9.79. The molecule has 140 valence electrons. The zero-order valence-corrected chi connectivity index (χ0v) is 15.8. The number of hydrogen-bond acceptors (Lipinski definition) is 3. The van der Waals surface area contributed by atoms with E-state index in [-0.39, 0.29) is 17.9 Å². The fourth-order valence-corrected chi connectivity index (χ4v) is 4.09. The van der Waals surface area contributed by atoms with Gasteiger partial charge in [0.1, 0.15) is 0 Å². The van der Waals surface area contributed by atoms with E-state index in [9.17, 15) is 9.82 Å². The van der Waals surface area contributed by atoms with E-state index < -0.39 is 7.05 Å². The Balaban J connectivity index is 1.52. The van der Waals surface area contributed by atoms with E-state index in [2.05, 4.69) is 34.6 Å². The predicted molar refractivity (Wildman–Crippen MR) is 107 cm³/mol. The lowest BCUT2D eigenvalue weighted by Gasteiger charge is -2.29. The van der Waals surface area contributed by atoms with Crippen molar-refractivity contribution in [2.45, 2.75) is 51.9 Å². The fraction of sp³-hybridized carbons (Fsp3) is 0.550. The van der Waals surface area contributed by atoms with Gasteiger partial charge in [-0.3, -0.25) is 4.79 Å². The molecule has 0 saturated heterocycles. The molecule has 1 aromatic carbocycles. The summed E-state index contributed by atoms with van der Waals surface area (Å²) in [4.78, 5) is 16.0. The monoisotopic (exact) mass is 355 g/mol. The average molecular weight is 355 g/mol. The van der Waals surface area contributed by atoms with E-state index in [4.69, 9.17) is 0 Å². The van der Waals surface area contributed by atoms with Crippen LogP contribution >= 0.6 is 0 Å². The summed E-state index contributed by atoms with van der Waals surface area (Å²) in [6.07, 6.45) is 6.97. The van der Waals surface area contributed by atoms with Crippen molar-refractivity contribution in [3.05, 3.63) is 36.0 Å². The van der Waals surface area contributed by atoms with Gasteiger partial charge in [0.2, 0.25) is 5.91 Å². The second-order valence-corrected chi connectivity index (χ2v) is 7.79. The molecule has 0 bridgehead atoms. The van der Waals surface area contributed by atoms with Crippen LogP contribution in [0.15, 0.2) is 30.5 Å². The summed E-state index contributed by atoms with van der Waals surface area (Å²) in [5.41, 5.74) is 2.39. The van der Waals surface area contributed by atoms with Crippen molar-refractivity contribution >= 4 is 23.9 Å². The number of fused-ring (bicyclic) bond motifs is 1. The molecule has 0 unspecified atom stereocenters. The van der Waals surface area contributed by atoms with Crippen LogP contribution in [0.5, 0.6) is 0 Å². The van der Waals surface area contributed by atoms with Crippen molar-refractivity contribution in [2.75, 3.05) is 6.54 Å². The Hall–Kier alpha value is -1.79. The zero-order chi connectivity index (χ0) is 18.5. The minimum Gasteiger partial charge on any atom is -0.437 e. The number of amides is 1. The number of rotatable bonds is 7. The lowest BCUT2D eigenvalue weighted by Crippen LogP contribution is -2.42. The predicted octanol–water partition coefficient (Wildman–Crippen LogP) is 2.72. The Labute approximate surface area is 156 Å². The van der Waals surface area contributed by atoms with E-state index in [1.165, 1.54) is 10.9 Å². The lowest BCUT2D eigenvalue weighted by molar-refractivity contribution is -0.127. The molecule has 3 rings (SSSR count). The van der Waals surface area contributed by atoms with E-state index in [0.717, 1.165) is 44.2 Å². The molecule has 0 aliphatic heterocycles. The minimum atomic E-state index is -0.486. The van der Waals surface area contributed by atoms with Crippen LogP contribution in [0.25, 0.3) is 10.9 Å². The van der Waals surface area contributed by atoms with Crippen LogP contribution in [-0.2, 0) is 11.2 Å². The fourth-order valence-electron chi connectivity index (χ4n) is 4.09. The molecule has 1 heterocycles. The molecule has 1 amide bonds. The molecule has 1 saturated carbocycles. The molecule has 0 radical (unpaired) electrons. The number of carbonyl (C=O) groups is 1. The van der Waals surface area contributed by atoms with Gasteiger partial charge in [-0.2, -0.15) is 0 Å². The van der Waals surface area contributed by atoms with Crippen molar-refractivity contribution in [1.29, 1.82) is 0 Å². The maximum atomic E-state index is 12.7. The molecule has 2 aromatic rings. The maximum absolute atomic E-state index is 12.7. The second kappa shape index (κ2) is 8.74. The third-order valence-corrected chi connectivity index (χ3v) is 5.45. The molecule has 1 fully saturated rings. The molecule has 3 atom stereocenters. The molecular formula is C20H30BN3O2. The van der Waals surface area contributed by atoms with Gasteiger partial charge >= 0.3 is 7.05 Å². The van der Waals surface area contributed by atoms with Crippen LogP contribution in [0, 0.1) is 11.8 Å². The molecule has 4 N–H and O–H groups in total. The third kappa shape index (κ3) is 4.89. The van der Waals surface area contributed by atoms with Crippen molar-refractivity contribution in [2.24, 2.45) is 11.8 Å². The highest BCUT2D eigenvalue weighted by Crippen LogP contribution is 2.29. The van der Waals surface area contributed by atoms with Gasteiger partial charge < -0.3 is 20.6 Å². The third-order valence-electron chi connectivity index (χ3n) is 5.45. The first-order valence-electron chi connectivity index (χ1n) is 9.79. The molecule has 0 spiro atoms. The largest absolute Gasteiger partial charge is 0.437 e. The highest BCUT2D eigenvalue weighted by Gasteiger charge is 2.28. The first-order valence-corrected chi connectivity index (χ1v) is 9.79. The van der Waals surface area contributed by atoms with Gasteiger partial charge in [-0.05, 0) is 63.5 Å². The number of nitrogens with one attached hydrogen (secondary N) is 3. The summed E-state index contributed by atoms with van der Waals surface area (Å²) in [7, 11) is -0.486. The Morgan fingerprint density at radius 2 is 2.19 bits per heavy atom. The number of aromatic amines is 1. The number of aromatic nitrogens is 1. The van der Waals surface area contributed by atoms with Gasteiger partial charge in [0.25, 0.3) is 0 Å². The number of benzene rings is 1. The summed E-state index contributed by atoms with van der Waals surface area (Å²) < 4.78 is 0. The smallest absolute Gasteiger partial charge is 0.373 e. The molecule has 6 heteroatoms. The van der Waals surface area contributed by atoms with Gasteiger partial charge in [-0.1, -0.05) is 24.6 Å². The zero-order valence-electron chi connectivity index (χ0n) is 15.8. The Morgan fingerprint density at radius 1 is 1.38 bits per heavy atom. The Kier molecular flexibility index (Phi) is 6.38. The summed E-state index contributed by atoms with van der Waals surface area (Å²) >= 11 is 0. The number of hydrogen-bond donors (Lipinski definition) is 4. The topological polar surface area (TPSA) is 77.2 Å². The molecule has 1 aliphatic carbocycles. The molecule has 26 heavy (non-hydrogen) atoms. The van der Waals surface area contributed by atoms with E-state index in [1.807, 2.05) is 18.3 Å². The van der Waals surface area contributed by atoms with Crippen LogP contribution in [-0.4, -0.2) is 35.6 Å². The second-order valence-electron chi connectivity index (χ2n) is 7.79. The first-order chi connectivity index (χ1) is 12.5. The minimum absolute atomic E-state index is 0.0926. The molecule has 5 nitrogen and oxygen atoms in total. The van der Waals surface area contributed by atoms with Gasteiger partial charge in [0.05, 0.1) is 0 Å². The van der Waals surface area contributed by atoms with Crippen molar-refractivity contribution in [3.8, 4) is 0 Å². The number of carbonyl (C=O) groups excluding carboxylic acids is 1. The Morgan fingerprint density at radius 3 is 3.00 bits per heavy atom. The first kappa shape index (κ1) is 19.0. The van der Waals surface area contributed by atoms with Gasteiger partial charge in [0.15, 0.2) is 0 Å². The normalized spacial score (nSPS) is 21.5. The van der Waals surface area contributed by atoms with Crippen molar-refractivity contribution in [1.82, 2.24) is 15.5 Å². The maximum Gasteiger partial charge on any atom is 0.373 e. The highest BCUT2D eigenvalue weighted by atomic mass is 16.2. The van der Waals surface area contributed by atoms with E-state index in [0.29, 0.717) is 5.92 Å². The summed E-state index contributed by atoms with van der Waals surface area (Å²) in [5, 5.41) is 16.9. The van der Waals surface area contributed by atoms with Crippen LogP contribution in [0.4, 0.5) is 0 Å². The highest BCUT2D eigenvalue weighted by molar-refractivity contribution is 6.45. The Bertz CT molecular complexity index is 731. The molecule has 1 aliphatic rings. The molecular weight excluding hydrogens is 325 g/mol. The average Bonchev–Trinajstić information content (AvgIpc) is 3.03. The van der Waals surface area contributed by atoms with Crippen molar-refractivity contribution < 1.29 is 9.82 Å².